The Morgan fingerprint density at radius 2 is 1.76 bits per heavy atom. The predicted octanol–water partition coefficient (Wildman–Crippen LogP) is 5.97. The standard InChI is InChI=1S/C32H30Cl2N4O4/c1-20-7-11-22-5-4-6-27(31(22)37-20)42-19-24-25(33)14-15-26(30(24)34)38(3)29(40)17-18-36-28(39)16-10-21-8-12-23(13-9-21)32(41)35-2/h4-16H,17-19H2,1-3H3,(H,35,41)(H,36,39)/b16-10+. The van der Waals surface area contributed by atoms with E-state index in [4.69, 9.17) is 27.9 Å². The van der Waals surface area contributed by atoms with Crippen LogP contribution in [0, 0.1) is 6.92 Å². The van der Waals surface area contributed by atoms with E-state index in [9.17, 15) is 14.4 Å². The van der Waals surface area contributed by atoms with Gasteiger partial charge in [-0.15, -0.1) is 0 Å². The van der Waals surface area contributed by atoms with Crippen LogP contribution in [0.1, 0.15) is 33.6 Å². The van der Waals surface area contributed by atoms with Crippen molar-refractivity contribution >= 4 is 63.6 Å². The van der Waals surface area contributed by atoms with Crippen molar-refractivity contribution in [3.05, 3.63) is 105 Å². The molecule has 2 N–H and O–H groups in total. The summed E-state index contributed by atoms with van der Waals surface area (Å²) in [7, 11) is 3.18. The molecule has 4 aromatic rings. The number of pyridine rings is 1. The Morgan fingerprint density at radius 3 is 2.50 bits per heavy atom. The fraction of sp³-hybridized carbons (Fsp3) is 0.188. The summed E-state index contributed by atoms with van der Waals surface area (Å²) in [5, 5.41) is 6.93. The number of hydrogen-bond acceptors (Lipinski definition) is 5. The maximum Gasteiger partial charge on any atom is 0.251 e. The lowest BCUT2D eigenvalue weighted by Crippen LogP contribution is -2.31. The minimum Gasteiger partial charge on any atom is -0.487 e. The molecule has 0 spiro atoms. The van der Waals surface area contributed by atoms with Crippen molar-refractivity contribution in [2.45, 2.75) is 20.0 Å². The van der Waals surface area contributed by atoms with Crippen molar-refractivity contribution in [3.8, 4) is 5.75 Å². The molecule has 0 aliphatic rings. The molecule has 0 bridgehead atoms. The molecular weight excluding hydrogens is 575 g/mol. The number of carbonyl (C=O) groups excluding carboxylic acids is 3. The SMILES string of the molecule is CNC(=O)c1ccc(/C=C/C(=O)NCCC(=O)N(C)c2ccc(Cl)c(COc3cccc4ccc(C)nc34)c2Cl)cc1. The molecule has 0 fully saturated rings. The number of rotatable bonds is 10. The first-order valence-corrected chi connectivity index (χ1v) is 13.9. The van der Waals surface area contributed by atoms with Crippen LogP contribution in [-0.4, -0.2) is 43.3 Å². The second-order valence-corrected chi connectivity index (χ2v) is 10.2. The van der Waals surface area contributed by atoms with E-state index in [2.05, 4.69) is 15.6 Å². The fourth-order valence-corrected chi connectivity index (χ4v) is 4.78. The molecule has 1 aromatic heterocycles. The molecule has 3 aromatic carbocycles. The summed E-state index contributed by atoms with van der Waals surface area (Å²) in [5.41, 5.74) is 3.92. The first-order chi connectivity index (χ1) is 20.2. The van der Waals surface area contributed by atoms with Crippen molar-refractivity contribution in [3.63, 3.8) is 0 Å². The topological polar surface area (TPSA) is 101 Å². The van der Waals surface area contributed by atoms with Gasteiger partial charge in [0, 0.05) is 60.4 Å². The van der Waals surface area contributed by atoms with Crippen LogP contribution in [0.5, 0.6) is 5.75 Å². The van der Waals surface area contributed by atoms with Gasteiger partial charge < -0.3 is 20.3 Å². The highest BCUT2D eigenvalue weighted by atomic mass is 35.5. The molecule has 0 saturated carbocycles. The van der Waals surface area contributed by atoms with Gasteiger partial charge in [0.15, 0.2) is 0 Å². The van der Waals surface area contributed by atoms with Gasteiger partial charge in [-0.25, -0.2) is 4.98 Å². The number of amides is 3. The van der Waals surface area contributed by atoms with Crippen LogP contribution >= 0.6 is 23.2 Å². The van der Waals surface area contributed by atoms with Gasteiger partial charge in [-0.05, 0) is 55.0 Å². The van der Waals surface area contributed by atoms with Crippen molar-refractivity contribution in [1.29, 1.82) is 0 Å². The van der Waals surface area contributed by atoms with E-state index in [1.165, 1.54) is 11.0 Å². The Balaban J connectivity index is 1.34. The van der Waals surface area contributed by atoms with Crippen molar-refractivity contribution in [1.82, 2.24) is 15.6 Å². The highest BCUT2D eigenvalue weighted by Crippen LogP contribution is 2.35. The van der Waals surface area contributed by atoms with Gasteiger partial charge in [0.2, 0.25) is 11.8 Å². The zero-order valence-electron chi connectivity index (χ0n) is 23.4. The Morgan fingerprint density at radius 1 is 1.00 bits per heavy atom. The Labute approximate surface area is 254 Å². The van der Waals surface area contributed by atoms with Gasteiger partial charge in [0.05, 0.1) is 10.7 Å². The molecule has 0 atom stereocenters. The van der Waals surface area contributed by atoms with E-state index in [0.717, 1.165) is 22.2 Å². The van der Waals surface area contributed by atoms with Crippen LogP contribution in [-0.2, 0) is 16.2 Å². The van der Waals surface area contributed by atoms with Gasteiger partial charge >= 0.3 is 0 Å². The highest BCUT2D eigenvalue weighted by molar-refractivity contribution is 6.38. The third-order valence-corrected chi connectivity index (χ3v) is 7.34. The summed E-state index contributed by atoms with van der Waals surface area (Å²) in [4.78, 5) is 42.8. The molecule has 1 heterocycles. The number of nitrogens with one attached hydrogen (secondary N) is 2. The fourth-order valence-electron chi connectivity index (χ4n) is 4.18. The molecule has 0 saturated heterocycles. The minimum absolute atomic E-state index is 0.0583. The summed E-state index contributed by atoms with van der Waals surface area (Å²) >= 11 is 13.2. The van der Waals surface area contributed by atoms with Crippen LogP contribution < -0.4 is 20.3 Å². The first kappa shape index (κ1) is 30.6. The maximum atomic E-state index is 12.9. The summed E-state index contributed by atoms with van der Waals surface area (Å²) in [6, 6.07) is 19.8. The van der Waals surface area contributed by atoms with Gasteiger partial charge in [0.1, 0.15) is 17.9 Å². The van der Waals surface area contributed by atoms with Gasteiger partial charge in [-0.2, -0.15) is 0 Å². The Hall–Kier alpha value is -4.40. The molecule has 10 heteroatoms. The lowest BCUT2D eigenvalue weighted by atomic mass is 10.1. The smallest absolute Gasteiger partial charge is 0.251 e. The number of fused-ring (bicyclic) bond motifs is 1. The highest BCUT2D eigenvalue weighted by Gasteiger charge is 2.19. The number of ether oxygens (including phenoxy) is 1. The molecule has 8 nitrogen and oxygen atoms in total. The average Bonchev–Trinajstić information content (AvgIpc) is 2.99. The van der Waals surface area contributed by atoms with Crippen molar-refractivity contribution in [2.75, 3.05) is 25.5 Å². The number of para-hydroxylation sites is 1. The average molecular weight is 606 g/mol. The minimum atomic E-state index is -0.345. The molecule has 42 heavy (non-hydrogen) atoms. The number of carbonyl (C=O) groups is 3. The molecule has 0 unspecified atom stereocenters. The first-order valence-electron chi connectivity index (χ1n) is 13.2. The third-order valence-electron chi connectivity index (χ3n) is 6.56. The molecule has 3 amide bonds. The number of benzene rings is 3. The van der Waals surface area contributed by atoms with Crippen LogP contribution in [0.3, 0.4) is 0 Å². The number of aromatic nitrogens is 1. The molecule has 0 aliphatic heterocycles. The number of anilines is 1. The molecule has 0 radical (unpaired) electrons. The van der Waals surface area contributed by atoms with Gasteiger partial charge in [0.25, 0.3) is 5.91 Å². The van der Waals surface area contributed by atoms with E-state index >= 15 is 0 Å². The number of nitrogens with zero attached hydrogens (tertiary/aromatic N) is 2. The van der Waals surface area contributed by atoms with Gasteiger partial charge in [-0.1, -0.05) is 53.5 Å². The van der Waals surface area contributed by atoms with Crippen LogP contribution in [0.15, 0.2) is 72.8 Å². The molecular formula is C32H30Cl2N4O4. The second-order valence-electron chi connectivity index (χ2n) is 9.46. The van der Waals surface area contributed by atoms with Crippen molar-refractivity contribution in [2.24, 2.45) is 0 Å². The molecule has 4 rings (SSSR count). The zero-order valence-corrected chi connectivity index (χ0v) is 24.9. The van der Waals surface area contributed by atoms with Crippen LogP contribution in [0.25, 0.3) is 17.0 Å². The van der Waals surface area contributed by atoms with E-state index < -0.39 is 0 Å². The Kier molecular flexibility index (Phi) is 10.2. The van der Waals surface area contributed by atoms with E-state index in [1.54, 1.807) is 56.6 Å². The summed E-state index contributed by atoms with van der Waals surface area (Å²) in [5.74, 6) is -0.170. The quantitative estimate of drug-likeness (QED) is 0.217. The van der Waals surface area contributed by atoms with Crippen molar-refractivity contribution < 1.29 is 19.1 Å². The van der Waals surface area contributed by atoms with Gasteiger partial charge in [-0.3, -0.25) is 14.4 Å². The molecule has 0 aliphatic carbocycles. The Bertz CT molecular complexity index is 1650. The summed E-state index contributed by atoms with van der Waals surface area (Å²) in [6.45, 7) is 2.13. The largest absolute Gasteiger partial charge is 0.487 e. The zero-order chi connectivity index (χ0) is 30.2. The lowest BCUT2D eigenvalue weighted by molar-refractivity contribution is -0.118. The second kappa shape index (κ2) is 14.0. The number of hydrogen-bond donors (Lipinski definition) is 2. The number of aryl methyl sites for hydroxylation is 1. The predicted molar refractivity (Wildman–Crippen MR) is 167 cm³/mol. The summed E-state index contributed by atoms with van der Waals surface area (Å²) < 4.78 is 6.08. The molecule has 216 valence electrons. The monoisotopic (exact) mass is 604 g/mol. The third kappa shape index (κ3) is 7.46. The van der Waals surface area contributed by atoms with E-state index in [0.29, 0.717) is 32.6 Å². The van der Waals surface area contributed by atoms with E-state index in [1.807, 2.05) is 37.3 Å². The maximum absolute atomic E-state index is 12.9. The lowest BCUT2D eigenvalue weighted by Gasteiger charge is -2.21. The van der Waals surface area contributed by atoms with E-state index in [-0.39, 0.29) is 37.3 Å². The number of halogens is 2. The van der Waals surface area contributed by atoms with Crippen LogP contribution in [0.4, 0.5) is 5.69 Å². The van der Waals surface area contributed by atoms with Crippen LogP contribution in [0.2, 0.25) is 10.0 Å². The summed E-state index contributed by atoms with van der Waals surface area (Å²) in [6.07, 6.45) is 3.06. The normalized spacial score (nSPS) is 11.0.